The minimum Gasteiger partial charge on any atom is -0.437 e. The summed E-state index contributed by atoms with van der Waals surface area (Å²) in [5, 5.41) is 10.9. The van der Waals surface area contributed by atoms with Crippen LogP contribution in [0.15, 0.2) is 42.6 Å². The van der Waals surface area contributed by atoms with Gasteiger partial charge in [-0.25, -0.2) is 4.98 Å². The molecule has 0 bridgehead atoms. The second-order valence-electron chi connectivity index (χ2n) is 6.51. The molecule has 1 aromatic heterocycles. The van der Waals surface area contributed by atoms with Crippen LogP contribution in [0.5, 0.6) is 11.6 Å². The summed E-state index contributed by atoms with van der Waals surface area (Å²) >= 11 is 6.05. The number of aliphatic hydroxyl groups is 1. The first-order chi connectivity index (χ1) is 12.0. The molecule has 6 heteroatoms. The molecule has 0 saturated heterocycles. The number of pyridine rings is 1. The number of halogens is 1. The fourth-order valence-electron chi connectivity index (χ4n) is 3.13. The van der Waals surface area contributed by atoms with E-state index in [0.717, 1.165) is 25.7 Å². The summed E-state index contributed by atoms with van der Waals surface area (Å²) in [4.78, 5) is 18.2. The van der Waals surface area contributed by atoms with Crippen molar-refractivity contribution in [2.24, 2.45) is 0 Å². The molecule has 0 unspecified atom stereocenters. The summed E-state index contributed by atoms with van der Waals surface area (Å²) in [6.45, 7) is 0.337. The summed E-state index contributed by atoms with van der Waals surface area (Å²) in [7, 11) is 1.70. The van der Waals surface area contributed by atoms with Gasteiger partial charge in [-0.05, 0) is 31.0 Å². The summed E-state index contributed by atoms with van der Waals surface area (Å²) in [6.07, 6.45) is 4.98. The summed E-state index contributed by atoms with van der Waals surface area (Å²) in [5.74, 6) is 0.704. The first-order valence-electron chi connectivity index (χ1n) is 8.33. The Balaban J connectivity index is 1.65. The Morgan fingerprint density at radius 2 is 2.00 bits per heavy atom. The van der Waals surface area contributed by atoms with E-state index in [1.54, 1.807) is 36.2 Å². The van der Waals surface area contributed by atoms with Crippen LogP contribution in [-0.2, 0) is 0 Å². The van der Waals surface area contributed by atoms with Gasteiger partial charge in [0.1, 0.15) is 5.75 Å². The highest BCUT2D eigenvalue weighted by molar-refractivity contribution is 6.32. The van der Waals surface area contributed by atoms with E-state index in [-0.39, 0.29) is 5.91 Å². The Morgan fingerprint density at radius 3 is 2.64 bits per heavy atom. The number of hydrogen-bond acceptors (Lipinski definition) is 4. The van der Waals surface area contributed by atoms with Crippen molar-refractivity contribution in [2.75, 3.05) is 13.6 Å². The average molecular weight is 361 g/mol. The molecule has 1 saturated carbocycles. The lowest BCUT2D eigenvalue weighted by Crippen LogP contribution is -2.42. The molecule has 1 aliphatic carbocycles. The second kappa shape index (κ2) is 7.42. The number of carbonyl (C=O) groups excluding carboxylic acids is 1. The second-order valence-corrected chi connectivity index (χ2v) is 6.92. The van der Waals surface area contributed by atoms with Crippen LogP contribution in [0.3, 0.4) is 0 Å². The molecule has 1 amide bonds. The predicted molar refractivity (Wildman–Crippen MR) is 96.1 cm³/mol. The summed E-state index contributed by atoms with van der Waals surface area (Å²) in [6, 6.07) is 10.4. The van der Waals surface area contributed by atoms with Gasteiger partial charge in [-0.1, -0.05) is 36.6 Å². The Labute approximate surface area is 152 Å². The van der Waals surface area contributed by atoms with Gasteiger partial charge < -0.3 is 14.7 Å². The zero-order valence-corrected chi connectivity index (χ0v) is 14.9. The summed E-state index contributed by atoms with van der Waals surface area (Å²) < 4.78 is 5.62. The van der Waals surface area contributed by atoms with Gasteiger partial charge in [-0.15, -0.1) is 0 Å². The topological polar surface area (TPSA) is 62.7 Å². The Bertz CT molecular complexity index is 743. The van der Waals surface area contributed by atoms with Crippen molar-refractivity contribution in [1.29, 1.82) is 0 Å². The van der Waals surface area contributed by atoms with Crippen molar-refractivity contribution in [3.8, 4) is 11.6 Å². The number of ether oxygens (including phenoxy) is 1. The molecule has 0 aliphatic heterocycles. The van der Waals surface area contributed by atoms with E-state index in [9.17, 15) is 9.90 Å². The zero-order chi connectivity index (χ0) is 17.9. The van der Waals surface area contributed by atoms with Crippen LogP contribution in [-0.4, -0.2) is 40.1 Å². The molecule has 1 aromatic carbocycles. The van der Waals surface area contributed by atoms with Crippen molar-refractivity contribution in [2.45, 2.75) is 31.3 Å². The number of aromatic nitrogens is 1. The number of benzene rings is 1. The number of likely N-dealkylation sites (N-methyl/N-ethyl adjacent to an activating group) is 1. The van der Waals surface area contributed by atoms with Gasteiger partial charge in [0.15, 0.2) is 0 Å². The minimum absolute atomic E-state index is 0.169. The molecule has 3 rings (SSSR count). The molecule has 5 nitrogen and oxygen atoms in total. The van der Waals surface area contributed by atoms with Gasteiger partial charge >= 0.3 is 0 Å². The van der Waals surface area contributed by atoms with Gasteiger partial charge in [0, 0.05) is 25.9 Å². The highest BCUT2D eigenvalue weighted by Gasteiger charge is 2.33. The van der Waals surface area contributed by atoms with Gasteiger partial charge in [0.2, 0.25) is 5.88 Å². The third-order valence-corrected chi connectivity index (χ3v) is 4.76. The highest BCUT2D eigenvalue weighted by atomic mass is 35.5. The smallest absolute Gasteiger partial charge is 0.255 e. The van der Waals surface area contributed by atoms with Crippen LogP contribution >= 0.6 is 11.6 Å². The third-order valence-electron chi connectivity index (χ3n) is 4.45. The van der Waals surface area contributed by atoms with Crippen LogP contribution in [0.1, 0.15) is 36.0 Å². The fraction of sp³-hybridized carbons (Fsp3) is 0.368. The zero-order valence-electron chi connectivity index (χ0n) is 14.1. The molecule has 25 heavy (non-hydrogen) atoms. The quantitative estimate of drug-likeness (QED) is 0.878. The van der Waals surface area contributed by atoms with Gasteiger partial charge in [-0.3, -0.25) is 4.79 Å². The average Bonchev–Trinajstić information content (AvgIpc) is 3.03. The van der Waals surface area contributed by atoms with Crippen molar-refractivity contribution in [1.82, 2.24) is 9.88 Å². The molecular weight excluding hydrogens is 340 g/mol. The number of amides is 1. The maximum absolute atomic E-state index is 12.5. The van der Waals surface area contributed by atoms with E-state index in [0.29, 0.717) is 28.8 Å². The third kappa shape index (κ3) is 4.30. The van der Waals surface area contributed by atoms with E-state index in [1.807, 2.05) is 12.1 Å². The molecule has 2 aromatic rings. The lowest BCUT2D eigenvalue weighted by atomic mass is 10.0. The number of nitrogens with zero attached hydrogens (tertiary/aromatic N) is 2. The van der Waals surface area contributed by atoms with Crippen molar-refractivity contribution < 1.29 is 14.6 Å². The molecule has 0 radical (unpaired) electrons. The molecule has 132 valence electrons. The van der Waals surface area contributed by atoms with Gasteiger partial charge in [0.05, 0.1) is 16.2 Å². The lowest BCUT2D eigenvalue weighted by Gasteiger charge is -2.28. The van der Waals surface area contributed by atoms with E-state index >= 15 is 0 Å². The standard InChI is InChI=1S/C19H21ClN2O3/c1-22(13-19(24)10-4-5-11-19)18(23)14-8-9-17(21-12-14)25-16-7-3-2-6-15(16)20/h2-3,6-9,12,24H,4-5,10-11,13H2,1H3. The Morgan fingerprint density at radius 1 is 1.28 bits per heavy atom. The van der Waals surface area contributed by atoms with E-state index in [1.165, 1.54) is 6.20 Å². The van der Waals surface area contributed by atoms with Gasteiger partial charge in [0.25, 0.3) is 5.91 Å². The first kappa shape index (κ1) is 17.7. The molecular formula is C19H21ClN2O3. The number of rotatable bonds is 5. The van der Waals surface area contributed by atoms with E-state index in [4.69, 9.17) is 16.3 Å². The molecule has 1 aliphatic rings. The lowest BCUT2D eigenvalue weighted by molar-refractivity contribution is 0.0156. The molecule has 0 spiro atoms. The fourth-order valence-corrected chi connectivity index (χ4v) is 3.31. The van der Waals surface area contributed by atoms with E-state index < -0.39 is 5.60 Å². The number of para-hydroxylation sites is 1. The number of hydrogen-bond donors (Lipinski definition) is 1. The maximum Gasteiger partial charge on any atom is 0.255 e. The molecule has 1 heterocycles. The molecule has 1 N–H and O–H groups in total. The Hall–Kier alpha value is -2.11. The van der Waals surface area contributed by atoms with Crippen molar-refractivity contribution in [3.05, 3.63) is 53.2 Å². The molecule has 0 atom stereocenters. The number of carbonyl (C=O) groups is 1. The predicted octanol–water partition coefficient (Wildman–Crippen LogP) is 3.90. The largest absolute Gasteiger partial charge is 0.437 e. The Kier molecular flexibility index (Phi) is 5.25. The normalized spacial score (nSPS) is 15.8. The van der Waals surface area contributed by atoms with Crippen LogP contribution in [0.2, 0.25) is 5.02 Å². The van der Waals surface area contributed by atoms with Crippen LogP contribution in [0, 0.1) is 0 Å². The van der Waals surface area contributed by atoms with Crippen LogP contribution in [0.25, 0.3) is 0 Å². The first-order valence-corrected chi connectivity index (χ1v) is 8.71. The van der Waals surface area contributed by atoms with Crippen molar-refractivity contribution in [3.63, 3.8) is 0 Å². The minimum atomic E-state index is -0.759. The van der Waals surface area contributed by atoms with E-state index in [2.05, 4.69) is 4.98 Å². The maximum atomic E-state index is 12.5. The van der Waals surface area contributed by atoms with Crippen LogP contribution in [0.4, 0.5) is 0 Å². The molecule has 1 fully saturated rings. The van der Waals surface area contributed by atoms with Crippen molar-refractivity contribution >= 4 is 17.5 Å². The summed E-state index contributed by atoms with van der Waals surface area (Å²) in [5.41, 5.74) is -0.305. The highest BCUT2D eigenvalue weighted by Crippen LogP contribution is 2.30. The van der Waals surface area contributed by atoms with Gasteiger partial charge in [-0.2, -0.15) is 0 Å². The SMILES string of the molecule is CN(CC1(O)CCCC1)C(=O)c1ccc(Oc2ccccc2Cl)nc1. The van der Waals surface area contributed by atoms with Crippen LogP contribution < -0.4 is 4.74 Å². The monoisotopic (exact) mass is 360 g/mol.